The van der Waals surface area contributed by atoms with Crippen LogP contribution < -0.4 is 10.2 Å². The van der Waals surface area contributed by atoms with Gasteiger partial charge in [-0.2, -0.15) is 0 Å². The maximum Gasteiger partial charge on any atom is 0.257 e. The lowest BCUT2D eigenvalue weighted by molar-refractivity contribution is 0.0977. The van der Waals surface area contributed by atoms with Crippen LogP contribution in [0.4, 0.5) is 5.69 Å². The lowest BCUT2D eigenvalue weighted by atomic mass is 10.2. The van der Waals surface area contributed by atoms with E-state index >= 15 is 0 Å². The molecule has 0 saturated carbocycles. The molecule has 1 N–H and O–H groups in total. The Morgan fingerprint density at radius 3 is 2.36 bits per heavy atom. The molecule has 0 aliphatic heterocycles. The highest BCUT2D eigenvalue weighted by molar-refractivity contribution is 7.80. The van der Waals surface area contributed by atoms with Crippen molar-refractivity contribution in [2.24, 2.45) is 0 Å². The molecule has 0 fully saturated rings. The molecule has 114 valence electrons. The van der Waals surface area contributed by atoms with Crippen LogP contribution in [0.25, 0.3) is 0 Å². The fraction of sp³-hybridized carbons (Fsp3) is 0.222. The van der Waals surface area contributed by atoms with Gasteiger partial charge < -0.3 is 4.90 Å². The van der Waals surface area contributed by atoms with Crippen LogP contribution in [0, 0.1) is 6.92 Å². The Balaban J connectivity index is 2.19. The SMILES string of the molecule is Cc1cccc(N(C(=S)NC(=O)c2ccccc2)C(C)C)c1. The van der Waals surface area contributed by atoms with Crippen LogP contribution in [-0.2, 0) is 0 Å². The van der Waals surface area contributed by atoms with E-state index in [9.17, 15) is 4.79 Å². The normalized spacial score (nSPS) is 10.4. The first-order valence-corrected chi connectivity index (χ1v) is 7.66. The van der Waals surface area contributed by atoms with Crippen molar-refractivity contribution in [2.45, 2.75) is 26.8 Å². The number of anilines is 1. The van der Waals surface area contributed by atoms with Gasteiger partial charge in [-0.3, -0.25) is 10.1 Å². The van der Waals surface area contributed by atoms with Gasteiger partial charge in [0.05, 0.1) is 0 Å². The number of hydrogen-bond acceptors (Lipinski definition) is 2. The topological polar surface area (TPSA) is 32.3 Å². The summed E-state index contributed by atoms with van der Waals surface area (Å²) in [4.78, 5) is 14.2. The number of rotatable bonds is 3. The van der Waals surface area contributed by atoms with E-state index in [1.807, 2.05) is 62.1 Å². The third-order valence-electron chi connectivity index (χ3n) is 3.27. The number of hydrogen-bond donors (Lipinski definition) is 1. The third kappa shape index (κ3) is 3.92. The zero-order valence-electron chi connectivity index (χ0n) is 13.0. The van der Waals surface area contributed by atoms with Crippen LogP contribution in [0.5, 0.6) is 0 Å². The second kappa shape index (κ2) is 7.18. The molecular weight excluding hydrogens is 292 g/mol. The van der Waals surface area contributed by atoms with Crippen LogP contribution in [0.15, 0.2) is 54.6 Å². The van der Waals surface area contributed by atoms with Gasteiger partial charge in [0.2, 0.25) is 0 Å². The Bertz CT molecular complexity index is 668. The van der Waals surface area contributed by atoms with Crippen LogP contribution in [0.1, 0.15) is 29.8 Å². The second-order valence-electron chi connectivity index (χ2n) is 5.43. The van der Waals surface area contributed by atoms with E-state index in [2.05, 4.69) is 11.4 Å². The number of carbonyl (C=O) groups excluding carboxylic acids is 1. The Labute approximate surface area is 137 Å². The largest absolute Gasteiger partial charge is 0.316 e. The van der Waals surface area contributed by atoms with Gasteiger partial charge in [-0.25, -0.2) is 0 Å². The Morgan fingerprint density at radius 2 is 1.77 bits per heavy atom. The molecule has 1 amide bonds. The minimum absolute atomic E-state index is 0.144. The number of thiocarbonyl (C=S) groups is 1. The van der Waals surface area contributed by atoms with Crippen molar-refractivity contribution in [2.75, 3.05) is 4.90 Å². The molecule has 0 heterocycles. The highest BCUT2D eigenvalue weighted by Crippen LogP contribution is 2.19. The Kier molecular flexibility index (Phi) is 5.28. The van der Waals surface area contributed by atoms with Gasteiger partial charge in [0.1, 0.15) is 0 Å². The molecule has 22 heavy (non-hydrogen) atoms. The molecular formula is C18H20N2OS. The van der Waals surface area contributed by atoms with Gasteiger partial charge in [-0.15, -0.1) is 0 Å². The summed E-state index contributed by atoms with van der Waals surface area (Å²) in [5.41, 5.74) is 2.73. The molecule has 3 nitrogen and oxygen atoms in total. The number of benzene rings is 2. The second-order valence-corrected chi connectivity index (χ2v) is 5.81. The molecule has 0 bridgehead atoms. The monoisotopic (exact) mass is 312 g/mol. The first-order valence-electron chi connectivity index (χ1n) is 7.25. The van der Waals surface area contributed by atoms with Crippen molar-refractivity contribution < 1.29 is 4.79 Å². The first kappa shape index (κ1) is 16.2. The van der Waals surface area contributed by atoms with Crippen LogP contribution in [0.2, 0.25) is 0 Å². The fourth-order valence-electron chi connectivity index (χ4n) is 2.25. The fourth-order valence-corrected chi connectivity index (χ4v) is 2.66. The number of carbonyl (C=O) groups is 1. The Hall–Kier alpha value is -2.20. The number of nitrogens with one attached hydrogen (secondary N) is 1. The van der Waals surface area contributed by atoms with Crippen molar-refractivity contribution >= 4 is 28.9 Å². The molecule has 0 atom stereocenters. The van der Waals surface area contributed by atoms with Crippen LogP contribution in [0.3, 0.4) is 0 Å². The van der Waals surface area contributed by atoms with Gasteiger partial charge in [-0.1, -0.05) is 30.3 Å². The van der Waals surface area contributed by atoms with Gasteiger partial charge in [-0.05, 0) is 62.8 Å². The predicted molar refractivity (Wildman–Crippen MR) is 95.3 cm³/mol. The highest BCUT2D eigenvalue weighted by atomic mass is 32.1. The van der Waals surface area contributed by atoms with Gasteiger partial charge in [0, 0.05) is 17.3 Å². The third-order valence-corrected chi connectivity index (χ3v) is 3.57. The highest BCUT2D eigenvalue weighted by Gasteiger charge is 2.18. The van der Waals surface area contributed by atoms with E-state index in [0.29, 0.717) is 10.7 Å². The average molecular weight is 312 g/mol. The minimum Gasteiger partial charge on any atom is -0.316 e. The molecule has 0 saturated heterocycles. The minimum atomic E-state index is -0.191. The standard InChI is InChI=1S/C18H20N2OS/c1-13(2)20(16-11-7-8-14(3)12-16)18(22)19-17(21)15-9-5-4-6-10-15/h4-13H,1-3H3,(H,19,21,22). The van der Waals surface area contributed by atoms with Gasteiger partial charge in [0.15, 0.2) is 5.11 Å². The maximum atomic E-state index is 12.3. The van der Waals surface area contributed by atoms with Crippen molar-refractivity contribution in [1.82, 2.24) is 5.32 Å². The summed E-state index contributed by atoms with van der Waals surface area (Å²) in [6, 6.07) is 17.3. The van der Waals surface area contributed by atoms with Crippen molar-refractivity contribution in [3.05, 3.63) is 65.7 Å². The summed E-state index contributed by atoms with van der Waals surface area (Å²) >= 11 is 5.45. The van der Waals surface area contributed by atoms with E-state index in [1.165, 1.54) is 0 Å². The summed E-state index contributed by atoms with van der Waals surface area (Å²) in [6.45, 7) is 6.13. The van der Waals surface area contributed by atoms with Crippen LogP contribution >= 0.6 is 12.2 Å². The van der Waals surface area contributed by atoms with E-state index in [0.717, 1.165) is 11.3 Å². The number of nitrogens with zero attached hydrogens (tertiary/aromatic N) is 1. The first-order chi connectivity index (χ1) is 10.5. The molecule has 0 aromatic heterocycles. The molecule has 4 heteroatoms. The predicted octanol–water partition coefficient (Wildman–Crippen LogP) is 3.92. The summed E-state index contributed by atoms with van der Waals surface area (Å²) < 4.78 is 0. The number of amides is 1. The van der Waals surface area contributed by atoms with Crippen molar-refractivity contribution in [3.8, 4) is 0 Å². The van der Waals surface area contributed by atoms with E-state index in [-0.39, 0.29) is 11.9 Å². The molecule has 2 aromatic rings. The maximum absolute atomic E-state index is 12.3. The zero-order valence-corrected chi connectivity index (χ0v) is 13.9. The molecule has 2 aromatic carbocycles. The van der Waals surface area contributed by atoms with E-state index < -0.39 is 0 Å². The molecule has 0 unspecified atom stereocenters. The molecule has 0 aliphatic rings. The van der Waals surface area contributed by atoms with Crippen molar-refractivity contribution in [3.63, 3.8) is 0 Å². The average Bonchev–Trinajstić information content (AvgIpc) is 2.48. The molecule has 2 rings (SSSR count). The lowest BCUT2D eigenvalue weighted by Crippen LogP contribution is -2.46. The van der Waals surface area contributed by atoms with Gasteiger partial charge >= 0.3 is 0 Å². The quantitative estimate of drug-likeness (QED) is 0.872. The summed E-state index contributed by atoms with van der Waals surface area (Å²) in [5.74, 6) is -0.191. The smallest absolute Gasteiger partial charge is 0.257 e. The number of aryl methyl sites for hydroxylation is 1. The van der Waals surface area contributed by atoms with E-state index in [1.54, 1.807) is 12.1 Å². The molecule has 0 radical (unpaired) electrons. The summed E-state index contributed by atoms with van der Waals surface area (Å²) in [5, 5.41) is 3.23. The molecule has 0 aliphatic carbocycles. The molecule has 0 spiro atoms. The van der Waals surface area contributed by atoms with Gasteiger partial charge in [0.25, 0.3) is 5.91 Å². The summed E-state index contributed by atoms with van der Waals surface area (Å²) in [6.07, 6.45) is 0. The summed E-state index contributed by atoms with van der Waals surface area (Å²) in [7, 11) is 0. The van der Waals surface area contributed by atoms with Crippen LogP contribution in [-0.4, -0.2) is 17.1 Å². The lowest BCUT2D eigenvalue weighted by Gasteiger charge is -2.29. The Morgan fingerprint density at radius 1 is 1.09 bits per heavy atom. The zero-order chi connectivity index (χ0) is 16.1. The van der Waals surface area contributed by atoms with Crippen molar-refractivity contribution in [1.29, 1.82) is 0 Å². The van der Waals surface area contributed by atoms with E-state index in [4.69, 9.17) is 12.2 Å².